The number of hydrogen-bond acceptors (Lipinski definition) is 4. The van der Waals surface area contributed by atoms with Crippen LogP contribution in [-0.4, -0.2) is 19.4 Å². The third-order valence-corrected chi connectivity index (χ3v) is 5.34. The van der Waals surface area contributed by atoms with Crippen molar-refractivity contribution >= 4 is 15.5 Å². The lowest BCUT2D eigenvalue weighted by Crippen LogP contribution is -2.34. The standard InChI is InChI=1S/C12H20N2O2S/c1-3-11(17(15,16)4-2)12(14)9-5-7-10(13)8-6-9/h5-8,11-12H,3-4,13-14H2,1-2H3/t11-,12+/m0/s1. The highest BCUT2D eigenvalue weighted by atomic mass is 32.2. The van der Waals surface area contributed by atoms with Gasteiger partial charge in [0.25, 0.3) is 0 Å². The van der Waals surface area contributed by atoms with Crippen LogP contribution in [0.4, 0.5) is 5.69 Å². The number of hydrogen-bond donors (Lipinski definition) is 2. The Hall–Kier alpha value is -1.07. The summed E-state index contributed by atoms with van der Waals surface area (Å²) in [5.41, 5.74) is 13.1. The summed E-state index contributed by atoms with van der Waals surface area (Å²) in [6.07, 6.45) is 0.516. The number of rotatable bonds is 5. The zero-order chi connectivity index (χ0) is 13.1. The predicted octanol–water partition coefficient (Wildman–Crippen LogP) is 1.48. The normalized spacial score (nSPS) is 15.5. The van der Waals surface area contributed by atoms with E-state index in [4.69, 9.17) is 11.5 Å². The molecule has 4 N–H and O–H groups in total. The molecule has 0 amide bonds. The van der Waals surface area contributed by atoms with Gasteiger partial charge in [-0.05, 0) is 24.1 Å². The molecule has 0 fully saturated rings. The Bertz CT molecular complexity index is 454. The Labute approximate surface area is 103 Å². The van der Waals surface area contributed by atoms with Crippen molar-refractivity contribution < 1.29 is 8.42 Å². The van der Waals surface area contributed by atoms with Crippen LogP contribution in [0.3, 0.4) is 0 Å². The Morgan fingerprint density at radius 3 is 2.12 bits per heavy atom. The average Bonchev–Trinajstić information content (AvgIpc) is 2.30. The fourth-order valence-corrected chi connectivity index (χ4v) is 3.42. The molecular weight excluding hydrogens is 236 g/mol. The van der Waals surface area contributed by atoms with Crippen molar-refractivity contribution in [3.63, 3.8) is 0 Å². The molecule has 5 heteroatoms. The molecule has 0 spiro atoms. The lowest BCUT2D eigenvalue weighted by molar-refractivity contribution is 0.549. The lowest BCUT2D eigenvalue weighted by Gasteiger charge is -2.22. The van der Waals surface area contributed by atoms with Gasteiger partial charge >= 0.3 is 0 Å². The minimum absolute atomic E-state index is 0.119. The van der Waals surface area contributed by atoms with Gasteiger partial charge in [0.2, 0.25) is 0 Å². The van der Waals surface area contributed by atoms with Crippen molar-refractivity contribution in [2.45, 2.75) is 31.6 Å². The van der Waals surface area contributed by atoms with E-state index in [-0.39, 0.29) is 5.75 Å². The van der Waals surface area contributed by atoms with Gasteiger partial charge in [0.15, 0.2) is 9.84 Å². The van der Waals surface area contributed by atoms with Crippen LogP contribution in [0.5, 0.6) is 0 Å². The molecule has 1 aromatic carbocycles. The van der Waals surface area contributed by atoms with Gasteiger partial charge < -0.3 is 11.5 Å². The maximum Gasteiger partial charge on any atom is 0.154 e. The second-order valence-corrected chi connectivity index (χ2v) is 6.60. The van der Waals surface area contributed by atoms with Gasteiger partial charge in [-0.2, -0.15) is 0 Å². The van der Waals surface area contributed by atoms with Crippen molar-refractivity contribution in [2.75, 3.05) is 11.5 Å². The van der Waals surface area contributed by atoms with E-state index in [1.165, 1.54) is 0 Å². The maximum atomic E-state index is 11.9. The first kappa shape index (κ1) is 14.0. The molecule has 0 aliphatic heterocycles. The summed E-state index contributed by atoms with van der Waals surface area (Å²) in [5, 5.41) is -0.531. The maximum absolute atomic E-state index is 11.9. The highest BCUT2D eigenvalue weighted by Crippen LogP contribution is 2.23. The van der Waals surface area contributed by atoms with Gasteiger partial charge in [0, 0.05) is 17.5 Å². The van der Waals surface area contributed by atoms with Crippen molar-refractivity contribution in [1.29, 1.82) is 0 Å². The minimum atomic E-state index is -3.12. The summed E-state index contributed by atoms with van der Waals surface area (Å²) in [7, 11) is -3.12. The molecule has 0 radical (unpaired) electrons. The van der Waals surface area contributed by atoms with Gasteiger partial charge in [-0.15, -0.1) is 0 Å². The third-order valence-electron chi connectivity index (χ3n) is 2.99. The van der Waals surface area contributed by atoms with E-state index >= 15 is 0 Å². The topological polar surface area (TPSA) is 86.2 Å². The molecule has 0 aliphatic rings. The quantitative estimate of drug-likeness (QED) is 0.781. The van der Waals surface area contributed by atoms with Crippen molar-refractivity contribution in [2.24, 2.45) is 5.73 Å². The van der Waals surface area contributed by atoms with Crippen molar-refractivity contribution in [1.82, 2.24) is 0 Å². The van der Waals surface area contributed by atoms with Gasteiger partial charge in [0.05, 0.1) is 5.25 Å². The van der Waals surface area contributed by atoms with Crippen LogP contribution in [0.1, 0.15) is 31.9 Å². The van der Waals surface area contributed by atoms with E-state index in [9.17, 15) is 8.42 Å². The first-order valence-corrected chi connectivity index (χ1v) is 7.46. The van der Waals surface area contributed by atoms with E-state index in [1.54, 1.807) is 31.2 Å². The summed E-state index contributed by atoms with van der Waals surface area (Å²) >= 11 is 0. The first-order valence-electron chi connectivity index (χ1n) is 5.75. The summed E-state index contributed by atoms with van der Waals surface area (Å²) in [4.78, 5) is 0. The third kappa shape index (κ3) is 3.20. The molecule has 2 atom stereocenters. The molecule has 0 aliphatic carbocycles. The van der Waals surface area contributed by atoms with Crippen LogP contribution in [0, 0.1) is 0 Å². The number of benzene rings is 1. The van der Waals surface area contributed by atoms with Crippen LogP contribution in [0.25, 0.3) is 0 Å². The molecule has 0 saturated carbocycles. The Morgan fingerprint density at radius 1 is 1.18 bits per heavy atom. The zero-order valence-electron chi connectivity index (χ0n) is 10.3. The van der Waals surface area contributed by atoms with Crippen molar-refractivity contribution in [3.05, 3.63) is 29.8 Å². The van der Waals surface area contributed by atoms with Gasteiger partial charge in [-0.1, -0.05) is 26.0 Å². The summed E-state index contributed by atoms with van der Waals surface area (Å²) in [6, 6.07) is 6.55. The van der Waals surface area contributed by atoms with E-state index in [2.05, 4.69) is 0 Å². The zero-order valence-corrected chi connectivity index (χ0v) is 11.1. The molecule has 0 unspecified atom stereocenters. The Morgan fingerprint density at radius 2 is 1.71 bits per heavy atom. The van der Waals surface area contributed by atoms with Gasteiger partial charge in [0.1, 0.15) is 0 Å². The first-order chi connectivity index (χ1) is 7.92. The molecule has 4 nitrogen and oxygen atoms in total. The Kier molecular flexibility index (Phi) is 4.54. The lowest BCUT2D eigenvalue weighted by atomic mass is 10.0. The highest BCUT2D eigenvalue weighted by molar-refractivity contribution is 7.92. The molecule has 0 aromatic heterocycles. The average molecular weight is 256 g/mol. The second kappa shape index (κ2) is 5.51. The van der Waals surface area contributed by atoms with Gasteiger partial charge in [-0.25, -0.2) is 8.42 Å². The van der Waals surface area contributed by atoms with Crippen LogP contribution in [0.2, 0.25) is 0 Å². The van der Waals surface area contributed by atoms with E-state index < -0.39 is 21.1 Å². The van der Waals surface area contributed by atoms with E-state index in [1.807, 2.05) is 6.92 Å². The van der Waals surface area contributed by atoms with Crippen LogP contribution >= 0.6 is 0 Å². The van der Waals surface area contributed by atoms with Gasteiger partial charge in [-0.3, -0.25) is 0 Å². The monoisotopic (exact) mass is 256 g/mol. The molecule has 0 bridgehead atoms. The molecule has 1 rings (SSSR count). The number of nitrogen functional groups attached to an aromatic ring is 1. The molecular formula is C12H20N2O2S. The van der Waals surface area contributed by atoms with Crippen LogP contribution < -0.4 is 11.5 Å². The highest BCUT2D eigenvalue weighted by Gasteiger charge is 2.29. The second-order valence-electron chi connectivity index (χ2n) is 4.09. The smallest absolute Gasteiger partial charge is 0.154 e. The Balaban J connectivity index is 3.02. The number of anilines is 1. The van der Waals surface area contributed by atoms with Crippen LogP contribution in [0.15, 0.2) is 24.3 Å². The largest absolute Gasteiger partial charge is 0.399 e. The molecule has 96 valence electrons. The fraction of sp³-hybridized carbons (Fsp3) is 0.500. The molecule has 1 aromatic rings. The number of sulfone groups is 1. The predicted molar refractivity (Wildman–Crippen MR) is 71.3 cm³/mol. The SMILES string of the molecule is CC[C@@H]([C@H](N)c1ccc(N)cc1)S(=O)(=O)CC. The minimum Gasteiger partial charge on any atom is -0.399 e. The van der Waals surface area contributed by atoms with E-state index in [0.717, 1.165) is 5.56 Å². The summed E-state index contributed by atoms with van der Waals surface area (Å²) in [6.45, 7) is 3.49. The summed E-state index contributed by atoms with van der Waals surface area (Å²) < 4.78 is 23.8. The van der Waals surface area contributed by atoms with Crippen LogP contribution in [-0.2, 0) is 9.84 Å². The molecule has 0 heterocycles. The molecule has 17 heavy (non-hydrogen) atoms. The van der Waals surface area contributed by atoms with E-state index in [0.29, 0.717) is 12.1 Å². The fourth-order valence-electron chi connectivity index (χ4n) is 1.88. The van der Waals surface area contributed by atoms with Crippen molar-refractivity contribution in [3.8, 4) is 0 Å². The molecule has 0 saturated heterocycles. The number of nitrogens with two attached hydrogens (primary N) is 2. The summed E-state index contributed by atoms with van der Waals surface area (Å²) in [5.74, 6) is 0.119.